The second kappa shape index (κ2) is 8.02. The molecule has 0 saturated heterocycles. The zero-order valence-corrected chi connectivity index (χ0v) is 15.9. The molecule has 0 fully saturated rings. The topological polar surface area (TPSA) is 89.2 Å². The summed E-state index contributed by atoms with van der Waals surface area (Å²) in [5.74, 6) is 0.245. The fourth-order valence-corrected chi connectivity index (χ4v) is 3.25. The van der Waals surface area contributed by atoms with Gasteiger partial charge in [-0.3, -0.25) is 9.59 Å². The van der Waals surface area contributed by atoms with E-state index < -0.39 is 5.91 Å². The molecule has 2 aromatic heterocycles. The van der Waals surface area contributed by atoms with Gasteiger partial charge >= 0.3 is 0 Å². The molecule has 0 saturated carbocycles. The van der Waals surface area contributed by atoms with Crippen LogP contribution in [0.25, 0.3) is 11.0 Å². The van der Waals surface area contributed by atoms with Gasteiger partial charge in [0.15, 0.2) is 5.76 Å². The fourth-order valence-electron chi connectivity index (χ4n) is 3.25. The van der Waals surface area contributed by atoms with Crippen molar-refractivity contribution in [2.24, 2.45) is 0 Å². The fraction of sp³-hybridized carbons (Fsp3) is 0.136. The molecular formula is C22H20N4O3. The lowest BCUT2D eigenvalue weighted by Crippen LogP contribution is -2.26. The Morgan fingerprint density at radius 2 is 1.79 bits per heavy atom. The number of furan rings is 1. The Balaban J connectivity index is 1.52. The molecule has 0 atom stereocenters. The van der Waals surface area contributed by atoms with Crippen LogP contribution < -0.4 is 10.6 Å². The summed E-state index contributed by atoms with van der Waals surface area (Å²) in [6.07, 6.45) is 1.42. The first-order valence-electron chi connectivity index (χ1n) is 9.33. The van der Waals surface area contributed by atoms with Crippen LogP contribution in [0, 0.1) is 0 Å². The van der Waals surface area contributed by atoms with Gasteiger partial charge in [-0.2, -0.15) is 0 Å². The van der Waals surface area contributed by atoms with E-state index in [4.69, 9.17) is 4.42 Å². The van der Waals surface area contributed by atoms with E-state index in [1.807, 2.05) is 31.2 Å². The van der Waals surface area contributed by atoms with E-state index in [0.717, 1.165) is 23.4 Å². The van der Waals surface area contributed by atoms with Crippen LogP contribution in [-0.2, 0) is 13.1 Å². The maximum absolute atomic E-state index is 12.8. The SMILES string of the molecule is CCn1c(CNC(=O)c2ccccc2NC(=O)c2ccco2)nc2ccccc21. The van der Waals surface area contributed by atoms with E-state index in [-0.39, 0.29) is 18.2 Å². The minimum Gasteiger partial charge on any atom is -0.459 e. The molecular weight excluding hydrogens is 368 g/mol. The highest BCUT2D eigenvalue weighted by atomic mass is 16.3. The number of aromatic nitrogens is 2. The van der Waals surface area contributed by atoms with Gasteiger partial charge < -0.3 is 19.6 Å². The van der Waals surface area contributed by atoms with E-state index >= 15 is 0 Å². The molecule has 7 nitrogen and oxygen atoms in total. The van der Waals surface area contributed by atoms with Gasteiger partial charge in [0.2, 0.25) is 0 Å². The van der Waals surface area contributed by atoms with Gasteiger partial charge in [0.05, 0.1) is 35.1 Å². The number of imidazole rings is 1. The zero-order chi connectivity index (χ0) is 20.2. The van der Waals surface area contributed by atoms with Gasteiger partial charge in [0, 0.05) is 6.54 Å². The van der Waals surface area contributed by atoms with Crippen molar-refractivity contribution in [2.45, 2.75) is 20.0 Å². The monoisotopic (exact) mass is 388 g/mol. The van der Waals surface area contributed by atoms with E-state index in [2.05, 4.69) is 20.2 Å². The Bertz CT molecular complexity index is 1160. The molecule has 0 aliphatic carbocycles. The van der Waals surface area contributed by atoms with Gasteiger partial charge in [-0.15, -0.1) is 0 Å². The third-order valence-electron chi connectivity index (χ3n) is 4.62. The second-order valence-electron chi connectivity index (χ2n) is 6.42. The Morgan fingerprint density at radius 1 is 1.00 bits per heavy atom. The molecule has 0 bridgehead atoms. The number of benzene rings is 2. The zero-order valence-electron chi connectivity index (χ0n) is 15.9. The van der Waals surface area contributed by atoms with E-state index in [1.54, 1.807) is 36.4 Å². The van der Waals surface area contributed by atoms with Crippen LogP contribution in [0.1, 0.15) is 33.7 Å². The molecule has 7 heteroatoms. The number of amides is 2. The molecule has 0 radical (unpaired) electrons. The first kappa shape index (κ1) is 18.5. The van der Waals surface area contributed by atoms with Crippen molar-refractivity contribution in [3.63, 3.8) is 0 Å². The lowest BCUT2D eigenvalue weighted by molar-refractivity contribution is 0.0950. The average Bonchev–Trinajstić information content (AvgIpc) is 3.40. The van der Waals surface area contributed by atoms with Gasteiger partial charge in [-0.25, -0.2) is 4.98 Å². The number of anilines is 1. The summed E-state index contributed by atoms with van der Waals surface area (Å²) >= 11 is 0. The molecule has 2 N–H and O–H groups in total. The predicted octanol–water partition coefficient (Wildman–Crippen LogP) is 3.83. The first-order valence-corrected chi connectivity index (χ1v) is 9.33. The van der Waals surface area contributed by atoms with Crippen LogP contribution in [0.15, 0.2) is 71.3 Å². The van der Waals surface area contributed by atoms with Crippen LogP contribution in [0.2, 0.25) is 0 Å². The normalized spacial score (nSPS) is 10.8. The Labute approximate surface area is 167 Å². The number of hydrogen-bond donors (Lipinski definition) is 2. The van der Waals surface area contributed by atoms with Crippen LogP contribution in [0.5, 0.6) is 0 Å². The lowest BCUT2D eigenvalue weighted by Gasteiger charge is -2.11. The second-order valence-corrected chi connectivity index (χ2v) is 6.42. The number of nitrogens with zero attached hydrogens (tertiary/aromatic N) is 2. The van der Waals surface area contributed by atoms with Crippen molar-refractivity contribution in [1.82, 2.24) is 14.9 Å². The number of rotatable bonds is 6. The number of nitrogens with one attached hydrogen (secondary N) is 2. The minimum atomic E-state index is -0.414. The molecule has 0 unspecified atom stereocenters. The van der Waals surface area contributed by atoms with Crippen molar-refractivity contribution in [3.8, 4) is 0 Å². The molecule has 4 aromatic rings. The summed E-state index contributed by atoms with van der Waals surface area (Å²) in [4.78, 5) is 29.7. The molecule has 146 valence electrons. The lowest BCUT2D eigenvalue weighted by atomic mass is 10.1. The number of fused-ring (bicyclic) bond motifs is 1. The standard InChI is InChI=1S/C22H20N4O3/c1-2-26-18-11-6-5-10-17(18)24-20(26)14-23-21(27)15-8-3-4-9-16(15)25-22(28)19-12-7-13-29-19/h3-13H,2,14H2,1H3,(H,23,27)(H,25,28). The highest BCUT2D eigenvalue weighted by Gasteiger charge is 2.16. The van der Waals surface area contributed by atoms with Crippen LogP contribution >= 0.6 is 0 Å². The number of carbonyl (C=O) groups excluding carboxylic acids is 2. The number of para-hydroxylation sites is 3. The van der Waals surface area contributed by atoms with Gasteiger partial charge in [-0.05, 0) is 43.3 Å². The smallest absolute Gasteiger partial charge is 0.291 e. The Morgan fingerprint density at radius 3 is 2.59 bits per heavy atom. The summed E-state index contributed by atoms with van der Waals surface area (Å²) in [6.45, 7) is 3.07. The molecule has 0 spiro atoms. The molecule has 0 aliphatic heterocycles. The molecule has 4 rings (SSSR count). The van der Waals surface area contributed by atoms with Crippen molar-refractivity contribution in [1.29, 1.82) is 0 Å². The van der Waals surface area contributed by atoms with Crippen LogP contribution in [0.4, 0.5) is 5.69 Å². The number of carbonyl (C=O) groups is 2. The summed E-state index contributed by atoms with van der Waals surface area (Å²) in [5, 5.41) is 5.62. The third kappa shape index (κ3) is 3.75. The van der Waals surface area contributed by atoms with E-state index in [0.29, 0.717) is 11.3 Å². The Hall–Kier alpha value is -3.87. The Kier molecular flexibility index (Phi) is 5.11. The van der Waals surface area contributed by atoms with Crippen LogP contribution in [0.3, 0.4) is 0 Å². The van der Waals surface area contributed by atoms with Crippen molar-refractivity contribution < 1.29 is 14.0 Å². The molecule has 2 aromatic carbocycles. The number of hydrogen-bond acceptors (Lipinski definition) is 4. The van der Waals surface area contributed by atoms with E-state index in [9.17, 15) is 9.59 Å². The van der Waals surface area contributed by atoms with Crippen molar-refractivity contribution in [2.75, 3.05) is 5.32 Å². The minimum absolute atomic E-state index is 0.178. The van der Waals surface area contributed by atoms with Gasteiger partial charge in [0.1, 0.15) is 5.82 Å². The number of aryl methyl sites for hydroxylation is 1. The maximum atomic E-state index is 12.8. The molecule has 2 heterocycles. The van der Waals surface area contributed by atoms with Crippen molar-refractivity contribution >= 4 is 28.5 Å². The van der Waals surface area contributed by atoms with Gasteiger partial charge in [-0.1, -0.05) is 24.3 Å². The quantitative estimate of drug-likeness (QED) is 0.525. The largest absolute Gasteiger partial charge is 0.459 e. The summed E-state index contributed by atoms with van der Waals surface area (Å²) < 4.78 is 7.17. The van der Waals surface area contributed by atoms with Crippen molar-refractivity contribution in [3.05, 3.63) is 84.1 Å². The highest BCUT2D eigenvalue weighted by molar-refractivity contribution is 6.07. The summed E-state index contributed by atoms with van der Waals surface area (Å²) in [6, 6.07) is 17.9. The summed E-state index contributed by atoms with van der Waals surface area (Å²) in [5.41, 5.74) is 2.71. The van der Waals surface area contributed by atoms with Gasteiger partial charge in [0.25, 0.3) is 11.8 Å². The highest BCUT2D eigenvalue weighted by Crippen LogP contribution is 2.18. The first-order chi connectivity index (χ1) is 14.2. The molecule has 0 aliphatic rings. The average molecular weight is 388 g/mol. The van der Waals surface area contributed by atoms with E-state index in [1.165, 1.54) is 6.26 Å². The third-order valence-corrected chi connectivity index (χ3v) is 4.62. The molecule has 29 heavy (non-hydrogen) atoms. The summed E-state index contributed by atoms with van der Waals surface area (Å²) in [7, 11) is 0. The predicted molar refractivity (Wildman–Crippen MR) is 110 cm³/mol. The van der Waals surface area contributed by atoms with Crippen LogP contribution in [-0.4, -0.2) is 21.4 Å². The molecule has 2 amide bonds. The maximum Gasteiger partial charge on any atom is 0.291 e.